The molecule has 1 aromatic heterocycles. The lowest BCUT2D eigenvalue weighted by atomic mass is 9.94. The van der Waals surface area contributed by atoms with Crippen LogP contribution in [-0.4, -0.2) is 30.1 Å². The predicted octanol–water partition coefficient (Wildman–Crippen LogP) is 3.05. The van der Waals surface area contributed by atoms with E-state index in [1.165, 1.54) is 6.42 Å². The molecule has 0 spiro atoms. The molecule has 102 valence electrons. The second-order valence-electron chi connectivity index (χ2n) is 5.64. The van der Waals surface area contributed by atoms with E-state index in [4.69, 9.17) is 4.42 Å². The van der Waals surface area contributed by atoms with Gasteiger partial charge in [-0.05, 0) is 31.9 Å². The van der Waals surface area contributed by atoms with Gasteiger partial charge in [0.1, 0.15) is 5.76 Å². The number of furan rings is 1. The van der Waals surface area contributed by atoms with Crippen LogP contribution in [0.15, 0.2) is 22.8 Å². The zero-order valence-corrected chi connectivity index (χ0v) is 12.0. The summed E-state index contributed by atoms with van der Waals surface area (Å²) in [5, 5.41) is 3.68. The van der Waals surface area contributed by atoms with Gasteiger partial charge in [0, 0.05) is 25.2 Å². The van der Waals surface area contributed by atoms with Crippen molar-refractivity contribution in [3.05, 3.63) is 24.2 Å². The number of piperazine rings is 1. The summed E-state index contributed by atoms with van der Waals surface area (Å²) in [4.78, 5) is 2.56. The summed E-state index contributed by atoms with van der Waals surface area (Å²) < 4.78 is 5.56. The van der Waals surface area contributed by atoms with Crippen LogP contribution in [0.1, 0.15) is 45.9 Å². The third-order valence-electron chi connectivity index (χ3n) is 4.43. The van der Waals surface area contributed by atoms with Crippen molar-refractivity contribution in [1.29, 1.82) is 0 Å². The fraction of sp³-hybridized carbons (Fsp3) is 0.733. The van der Waals surface area contributed by atoms with Crippen LogP contribution in [0.4, 0.5) is 0 Å². The van der Waals surface area contributed by atoms with Gasteiger partial charge in [0.05, 0.1) is 12.3 Å². The SMILES string of the molecule is CCC(C)C1CN(C(C)c2ccco2)C(C)CN1. The maximum absolute atomic E-state index is 5.56. The molecule has 0 amide bonds. The van der Waals surface area contributed by atoms with Crippen molar-refractivity contribution in [1.82, 2.24) is 10.2 Å². The van der Waals surface area contributed by atoms with Crippen LogP contribution in [-0.2, 0) is 0 Å². The number of nitrogens with zero attached hydrogens (tertiary/aromatic N) is 1. The minimum atomic E-state index is 0.364. The molecular formula is C15H26N2O. The van der Waals surface area contributed by atoms with Crippen LogP contribution >= 0.6 is 0 Å². The molecule has 1 aliphatic heterocycles. The third kappa shape index (κ3) is 2.78. The van der Waals surface area contributed by atoms with Crippen LogP contribution in [0.2, 0.25) is 0 Å². The fourth-order valence-corrected chi connectivity index (χ4v) is 2.81. The van der Waals surface area contributed by atoms with Gasteiger partial charge < -0.3 is 9.73 Å². The van der Waals surface area contributed by atoms with E-state index in [2.05, 4.69) is 44.0 Å². The Morgan fingerprint density at radius 2 is 2.28 bits per heavy atom. The van der Waals surface area contributed by atoms with E-state index in [-0.39, 0.29) is 0 Å². The summed E-state index contributed by atoms with van der Waals surface area (Å²) in [6.45, 7) is 11.3. The van der Waals surface area contributed by atoms with Gasteiger partial charge in [-0.2, -0.15) is 0 Å². The topological polar surface area (TPSA) is 28.4 Å². The van der Waals surface area contributed by atoms with Crippen molar-refractivity contribution in [2.45, 2.75) is 52.2 Å². The molecule has 2 rings (SSSR count). The van der Waals surface area contributed by atoms with Crippen molar-refractivity contribution in [2.75, 3.05) is 13.1 Å². The lowest BCUT2D eigenvalue weighted by molar-refractivity contribution is 0.0725. The lowest BCUT2D eigenvalue weighted by Crippen LogP contribution is -2.57. The Balaban J connectivity index is 2.05. The maximum Gasteiger partial charge on any atom is 0.120 e. The third-order valence-corrected chi connectivity index (χ3v) is 4.43. The first kappa shape index (κ1) is 13.6. The average Bonchev–Trinajstić information content (AvgIpc) is 2.91. The number of hydrogen-bond donors (Lipinski definition) is 1. The van der Waals surface area contributed by atoms with Crippen molar-refractivity contribution in [3.63, 3.8) is 0 Å². The number of nitrogens with one attached hydrogen (secondary N) is 1. The monoisotopic (exact) mass is 250 g/mol. The van der Waals surface area contributed by atoms with Crippen molar-refractivity contribution in [3.8, 4) is 0 Å². The van der Waals surface area contributed by atoms with E-state index < -0.39 is 0 Å². The standard InChI is InChI=1S/C15H26N2O/c1-5-11(2)14-10-17(12(3)9-16-14)13(4)15-7-6-8-18-15/h6-8,11-14,16H,5,9-10H2,1-4H3. The van der Waals surface area contributed by atoms with Gasteiger partial charge in [-0.1, -0.05) is 20.3 Å². The van der Waals surface area contributed by atoms with Crippen molar-refractivity contribution in [2.24, 2.45) is 5.92 Å². The summed E-state index contributed by atoms with van der Waals surface area (Å²) in [5.74, 6) is 1.80. The van der Waals surface area contributed by atoms with Gasteiger partial charge in [-0.15, -0.1) is 0 Å². The zero-order valence-electron chi connectivity index (χ0n) is 12.0. The summed E-state index contributed by atoms with van der Waals surface area (Å²) in [6, 6.07) is 5.58. The first-order valence-electron chi connectivity index (χ1n) is 7.16. The molecule has 0 aliphatic carbocycles. The normalized spacial score (nSPS) is 29.1. The molecule has 3 heteroatoms. The largest absolute Gasteiger partial charge is 0.468 e. The van der Waals surface area contributed by atoms with E-state index in [1.807, 2.05) is 6.07 Å². The average molecular weight is 250 g/mol. The van der Waals surface area contributed by atoms with Gasteiger partial charge in [-0.25, -0.2) is 0 Å². The second-order valence-corrected chi connectivity index (χ2v) is 5.64. The van der Waals surface area contributed by atoms with Gasteiger partial charge in [0.15, 0.2) is 0 Å². The Bertz CT molecular complexity index is 349. The van der Waals surface area contributed by atoms with Crippen molar-refractivity contribution < 1.29 is 4.42 Å². The van der Waals surface area contributed by atoms with E-state index in [0.717, 1.165) is 24.8 Å². The Hall–Kier alpha value is -0.800. The van der Waals surface area contributed by atoms with Gasteiger partial charge in [0.2, 0.25) is 0 Å². The van der Waals surface area contributed by atoms with Gasteiger partial charge >= 0.3 is 0 Å². The first-order valence-corrected chi connectivity index (χ1v) is 7.16. The highest BCUT2D eigenvalue weighted by atomic mass is 16.3. The molecule has 0 radical (unpaired) electrons. The molecule has 1 N–H and O–H groups in total. The summed E-state index contributed by atoms with van der Waals surface area (Å²) in [7, 11) is 0. The number of rotatable bonds is 4. The Morgan fingerprint density at radius 3 is 2.89 bits per heavy atom. The summed E-state index contributed by atoms with van der Waals surface area (Å²) in [5.41, 5.74) is 0. The Morgan fingerprint density at radius 1 is 1.50 bits per heavy atom. The Labute approximate surface area is 111 Å². The highest BCUT2D eigenvalue weighted by Crippen LogP contribution is 2.26. The quantitative estimate of drug-likeness (QED) is 0.890. The molecule has 3 nitrogen and oxygen atoms in total. The lowest BCUT2D eigenvalue weighted by Gasteiger charge is -2.43. The molecule has 4 atom stereocenters. The maximum atomic E-state index is 5.56. The minimum Gasteiger partial charge on any atom is -0.468 e. The van der Waals surface area contributed by atoms with Crippen LogP contribution < -0.4 is 5.32 Å². The van der Waals surface area contributed by atoms with E-state index in [1.54, 1.807) is 6.26 Å². The Kier molecular flexibility index (Phi) is 4.46. The predicted molar refractivity (Wildman–Crippen MR) is 74.5 cm³/mol. The van der Waals surface area contributed by atoms with Gasteiger partial charge in [-0.3, -0.25) is 4.90 Å². The van der Waals surface area contributed by atoms with Crippen molar-refractivity contribution >= 4 is 0 Å². The molecule has 0 bridgehead atoms. The smallest absolute Gasteiger partial charge is 0.120 e. The molecule has 18 heavy (non-hydrogen) atoms. The second kappa shape index (κ2) is 5.89. The molecular weight excluding hydrogens is 224 g/mol. The molecule has 1 fully saturated rings. The van der Waals surface area contributed by atoms with Crippen LogP contribution in [0.25, 0.3) is 0 Å². The highest BCUT2D eigenvalue weighted by molar-refractivity contribution is 5.05. The fourth-order valence-electron chi connectivity index (χ4n) is 2.81. The van der Waals surface area contributed by atoms with Crippen LogP contribution in [0.3, 0.4) is 0 Å². The molecule has 0 aromatic carbocycles. The van der Waals surface area contributed by atoms with E-state index in [9.17, 15) is 0 Å². The highest BCUT2D eigenvalue weighted by Gasteiger charge is 2.31. The van der Waals surface area contributed by atoms with Gasteiger partial charge in [0.25, 0.3) is 0 Å². The number of hydrogen-bond acceptors (Lipinski definition) is 3. The molecule has 4 unspecified atom stereocenters. The van der Waals surface area contributed by atoms with Crippen LogP contribution in [0, 0.1) is 5.92 Å². The zero-order chi connectivity index (χ0) is 13.1. The summed E-state index contributed by atoms with van der Waals surface area (Å²) >= 11 is 0. The molecule has 1 aromatic rings. The first-order chi connectivity index (χ1) is 8.63. The van der Waals surface area contributed by atoms with E-state index >= 15 is 0 Å². The minimum absolute atomic E-state index is 0.364. The van der Waals surface area contributed by atoms with E-state index in [0.29, 0.717) is 18.1 Å². The molecule has 1 saturated heterocycles. The van der Waals surface area contributed by atoms with Crippen LogP contribution in [0.5, 0.6) is 0 Å². The molecule has 2 heterocycles. The summed E-state index contributed by atoms with van der Waals surface area (Å²) in [6.07, 6.45) is 3.00. The molecule has 1 aliphatic rings. The molecule has 0 saturated carbocycles.